The van der Waals surface area contributed by atoms with Crippen LogP contribution in [0.25, 0.3) is 11.1 Å². The Hall–Kier alpha value is -2.59. The molecule has 0 unspecified atom stereocenters. The zero-order chi connectivity index (χ0) is 17.2. The van der Waals surface area contributed by atoms with E-state index in [1.807, 2.05) is 0 Å². The number of H-pyrrole nitrogens is 1. The maximum atomic E-state index is 12.4. The molecule has 2 aromatic rings. The van der Waals surface area contributed by atoms with E-state index in [0.717, 1.165) is 25.7 Å². The highest BCUT2D eigenvalue weighted by molar-refractivity contribution is 5.75. The third kappa shape index (κ3) is 3.44. The molecule has 0 amide bonds. The van der Waals surface area contributed by atoms with Crippen LogP contribution in [0.4, 0.5) is 0 Å². The number of hydrogen-bond acceptors (Lipinski definition) is 6. The molecule has 25 heavy (non-hydrogen) atoms. The van der Waals surface area contributed by atoms with Crippen LogP contribution in [0.5, 0.6) is 6.01 Å². The van der Waals surface area contributed by atoms with Gasteiger partial charge in [-0.25, -0.2) is 4.79 Å². The van der Waals surface area contributed by atoms with E-state index in [0.29, 0.717) is 29.9 Å². The first-order valence-electron chi connectivity index (χ1n) is 8.46. The van der Waals surface area contributed by atoms with Gasteiger partial charge in [0, 0.05) is 6.07 Å². The molecule has 1 saturated carbocycles. The summed E-state index contributed by atoms with van der Waals surface area (Å²) in [6.45, 7) is 0.439. The Kier molecular flexibility index (Phi) is 4.28. The summed E-state index contributed by atoms with van der Waals surface area (Å²) < 4.78 is 16.1. The van der Waals surface area contributed by atoms with E-state index in [2.05, 4.69) is 21.8 Å². The van der Waals surface area contributed by atoms with Crippen molar-refractivity contribution < 1.29 is 13.9 Å². The predicted molar refractivity (Wildman–Crippen MR) is 89.6 cm³/mol. The van der Waals surface area contributed by atoms with Gasteiger partial charge in [-0.15, -0.1) is 0 Å². The molecule has 6 heterocycles. The number of nitrogens with one attached hydrogen (secondary N) is 1. The molecule has 1 aliphatic carbocycles. The van der Waals surface area contributed by atoms with Crippen molar-refractivity contribution >= 4 is 11.1 Å². The molecule has 5 aliphatic rings. The van der Waals surface area contributed by atoms with E-state index in [-0.39, 0.29) is 30.0 Å². The lowest BCUT2D eigenvalue weighted by molar-refractivity contribution is -0.0176. The average molecular weight is 342 g/mol. The number of aryl methyl sites for hydroxylation is 1. The van der Waals surface area contributed by atoms with Crippen LogP contribution < -0.4 is 15.9 Å². The second-order valence-corrected chi connectivity index (χ2v) is 6.45. The van der Waals surface area contributed by atoms with Gasteiger partial charge in [0.15, 0.2) is 6.61 Å². The molecular formula is C18H18N2O5. The van der Waals surface area contributed by atoms with Gasteiger partial charge in [0.2, 0.25) is 5.71 Å². The summed E-state index contributed by atoms with van der Waals surface area (Å²) in [4.78, 5) is 30.9. The van der Waals surface area contributed by atoms with Crippen molar-refractivity contribution in [2.75, 3.05) is 13.2 Å². The van der Waals surface area contributed by atoms with Gasteiger partial charge in [0.05, 0.1) is 6.10 Å². The summed E-state index contributed by atoms with van der Waals surface area (Å²) in [6.07, 6.45) is 4.95. The monoisotopic (exact) mass is 342 g/mol. The number of hydrogen-bond donors (Lipinski definition) is 1. The third-order valence-corrected chi connectivity index (χ3v) is 4.72. The lowest BCUT2D eigenvalue weighted by atomic mass is 9.79. The molecule has 0 radical (unpaired) electrons. The van der Waals surface area contributed by atoms with E-state index < -0.39 is 5.63 Å². The van der Waals surface area contributed by atoms with Crippen LogP contribution >= 0.6 is 0 Å². The van der Waals surface area contributed by atoms with Gasteiger partial charge in [0.1, 0.15) is 12.0 Å². The van der Waals surface area contributed by atoms with Crippen molar-refractivity contribution in [3.8, 4) is 17.9 Å². The standard InChI is InChI=1S/C18H18N2O5/c21-14-10-12-5-3-4-11-8-13(9-11)23-6-1-2-7-24-18-19-16(22)15(12)17(20-18)25-14/h10-11,13H,3-9H2,(H,19,20,22). The minimum Gasteiger partial charge on any atom is -0.451 e. The minimum absolute atomic E-state index is 0.00515. The Morgan fingerprint density at radius 1 is 1.20 bits per heavy atom. The largest absolute Gasteiger partial charge is 0.451 e. The Bertz CT molecular complexity index is 959. The number of ether oxygens (including phenoxy) is 2. The van der Waals surface area contributed by atoms with E-state index in [4.69, 9.17) is 13.9 Å². The molecule has 6 bridgehead atoms. The molecule has 1 N–H and O–H groups in total. The molecule has 2 aromatic heterocycles. The lowest BCUT2D eigenvalue weighted by Crippen LogP contribution is -2.31. The van der Waals surface area contributed by atoms with Gasteiger partial charge in [-0.2, -0.15) is 4.98 Å². The molecule has 0 spiro atoms. The van der Waals surface area contributed by atoms with Crippen LogP contribution in [0.15, 0.2) is 20.1 Å². The SMILES string of the molecule is O=c1cc2c3c(=O)[nH]c(nc3o1)OCC#CCOC1CC(CCC2)C1. The maximum Gasteiger partial charge on any atom is 0.337 e. The van der Waals surface area contributed by atoms with E-state index >= 15 is 0 Å². The molecule has 7 nitrogen and oxygen atoms in total. The highest BCUT2D eigenvalue weighted by atomic mass is 16.5. The first-order valence-corrected chi connectivity index (χ1v) is 8.46. The Morgan fingerprint density at radius 2 is 2.04 bits per heavy atom. The molecule has 7 rings (SSSR count). The summed E-state index contributed by atoms with van der Waals surface area (Å²) in [6, 6.07) is 1.37. The van der Waals surface area contributed by atoms with Crippen molar-refractivity contribution in [2.45, 2.75) is 38.2 Å². The molecule has 4 aliphatic heterocycles. The summed E-state index contributed by atoms with van der Waals surface area (Å²) in [5.74, 6) is 6.33. The van der Waals surface area contributed by atoms with Crippen LogP contribution in [0.2, 0.25) is 0 Å². The molecule has 0 atom stereocenters. The van der Waals surface area contributed by atoms with Crippen molar-refractivity contribution in [1.29, 1.82) is 0 Å². The molecular weight excluding hydrogens is 324 g/mol. The molecule has 7 heteroatoms. The number of aromatic amines is 1. The molecule has 0 saturated heterocycles. The van der Waals surface area contributed by atoms with Gasteiger partial charge >= 0.3 is 11.6 Å². The summed E-state index contributed by atoms with van der Waals surface area (Å²) >= 11 is 0. The van der Waals surface area contributed by atoms with Gasteiger partial charge in [0.25, 0.3) is 5.56 Å². The van der Waals surface area contributed by atoms with Crippen molar-refractivity contribution in [3.05, 3.63) is 32.4 Å². The smallest absolute Gasteiger partial charge is 0.337 e. The summed E-state index contributed by atoms with van der Waals surface area (Å²) in [5.41, 5.74) is -0.210. The highest BCUT2D eigenvalue weighted by Crippen LogP contribution is 2.34. The zero-order valence-corrected chi connectivity index (χ0v) is 13.7. The highest BCUT2D eigenvalue weighted by Gasteiger charge is 2.29. The summed E-state index contributed by atoms with van der Waals surface area (Å²) in [7, 11) is 0. The van der Waals surface area contributed by atoms with E-state index in [1.54, 1.807) is 0 Å². The average Bonchev–Trinajstić information content (AvgIpc) is 2.53. The maximum absolute atomic E-state index is 12.4. The molecule has 0 aromatic carbocycles. The predicted octanol–water partition coefficient (Wildman–Crippen LogP) is 1.39. The second-order valence-electron chi connectivity index (χ2n) is 6.45. The molecule has 1 fully saturated rings. The fourth-order valence-corrected chi connectivity index (χ4v) is 3.39. The first-order chi connectivity index (χ1) is 12.2. The number of nitrogens with zero attached hydrogens (tertiary/aromatic N) is 1. The van der Waals surface area contributed by atoms with Crippen LogP contribution in [0, 0.1) is 17.8 Å². The molecule has 130 valence electrons. The second kappa shape index (κ2) is 6.73. The van der Waals surface area contributed by atoms with E-state index in [9.17, 15) is 9.59 Å². The zero-order valence-electron chi connectivity index (χ0n) is 13.7. The van der Waals surface area contributed by atoms with Gasteiger partial charge in [-0.1, -0.05) is 11.8 Å². The Balaban J connectivity index is 1.70. The topological polar surface area (TPSA) is 94.4 Å². The first kappa shape index (κ1) is 15.9. The van der Waals surface area contributed by atoms with Crippen LogP contribution in [-0.2, 0) is 11.2 Å². The normalized spacial score (nSPS) is 23.4. The van der Waals surface area contributed by atoms with Gasteiger partial charge in [-0.05, 0) is 43.6 Å². The van der Waals surface area contributed by atoms with Crippen molar-refractivity contribution in [2.24, 2.45) is 5.92 Å². The number of rotatable bonds is 0. The van der Waals surface area contributed by atoms with Gasteiger partial charge in [-0.3, -0.25) is 9.78 Å². The number of aromatic nitrogens is 2. The van der Waals surface area contributed by atoms with Gasteiger partial charge < -0.3 is 13.9 Å². The third-order valence-electron chi connectivity index (χ3n) is 4.72. The fourth-order valence-electron chi connectivity index (χ4n) is 3.39. The van der Waals surface area contributed by atoms with E-state index in [1.165, 1.54) is 6.07 Å². The summed E-state index contributed by atoms with van der Waals surface area (Å²) in [5, 5.41) is 0.317. The van der Waals surface area contributed by atoms with Crippen LogP contribution in [0.3, 0.4) is 0 Å². The fraction of sp³-hybridized carbons (Fsp3) is 0.500. The quantitative estimate of drug-likeness (QED) is 0.727. The minimum atomic E-state index is -0.513. The van der Waals surface area contributed by atoms with Crippen molar-refractivity contribution in [1.82, 2.24) is 9.97 Å². The lowest BCUT2D eigenvalue weighted by Gasteiger charge is -2.34. The Labute approximate surface area is 143 Å². The Morgan fingerprint density at radius 3 is 2.92 bits per heavy atom. The van der Waals surface area contributed by atoms with Crippen LogP contribution in [0.1, 0.15) is 31.2 Å². The van der Waals surface area contributed by atoms with Crippen molar-refractivity contribution in [3.63, 3.8) is 0 Å². The van der Waals surface area contributed by atoms with Crippen LogP contribution in [-0.4, -0.2) is 29.3 Å².